The highest BCUT2D eigenvalue weighted by Gasteiger charge is 2.37. The zero-order valence-electron chi connectivity index (χ0n) is 17.2. The normalized spacial score (nSPS) is 19.3. The van der Waals surface area contributed by atoms with Crippen molar-refractivity contribution in [1.29, 1.82) is 0 Å². The number of nitrogens with zero attached hydrogens (tertiary/aromatic N) is 1. The van der Waals surface area contributed by atoms with E-state index in [4.69, 9.17) is 18.9 Å². The van der Waals surface area contributed by atoms with Gasteiger partial charge in [0.1, 0.15) is 6.10 Å². The van der Waals surface area contributed by atoms with Gasteiger partial charge in [-0.25, -0.2) is 0 Å². The molecule has 1 N–H and O–H groups in total. The van der Waals surface area contributed by atoms with E-state index in [-0.39, 0.29) is 5.91 Å². The molecule has 1 saturated carbocycles. The first-order chi connectivity index (χ1) is 13.6. The number of rotatable bonds is 10. The molecule has 2 aliphatic rings. The van der Waals surface area contributed by atoms with Crippen molar-refractivity contribution in [1.82, 2.24) is 10.2 Å². The van der Waals surface area contributed by atoms with E-state index in [0.717, 1.165) is 42.7 Å². The van der Waals surface area contributed by atoms with Crippen LogP contribution in [0.4, 0.5) is 0 Å². The van der Waals surface area contributed by atoms with Crippen molar-refractivity contribution in [3.05, 3.63) is 23.3 Å². The molecule has 1 atom stereocenters. The smallest absolute Gasteiger partial charge is 0.253 e. The molecule has 1 aromatic rings. The molecular weight excluding hydrogens is 360 g/mol. The highest BCUT2D eigenvalue weighted by Crippen LogP contribution is 2.35. The summed E-state index contributed by atoms with van der Waals surface area (Å²) >= 11 is 0. The topological polar surface area (TPSA) is 69.3 Å². The third kappa shape index (κ3) is 5.37. The summed E-state index contributed by atoms with van der Waals surface area (Å²) < 4.78 is 22.2. The first-order valence-electron chi connectivity index (χ1n) is 10.1. The summed E-state index contributed by atoms with van der Waals surface area (Å²) in [6.07, 6.45) is 2.53. The predicted molar refractivity (Wildman–Crippen MR) is 106 cm³/mol. The van der Waals surface area contributed by atoms with Crippen molar-refractivity contribution in [3.63, 3.8) is 0 Å². The average molecular weight is 392 g/mol. The minimum absolute atomic E-state index is 0.0748. The minimum atomic E-state index is -0.390. The van der Waals surface area contributed by atoms with E-state index >= 15 is 0 Å². The van der Waals surface area contributed by atoms with Crippen LogP contribution in [0.5, 0.6) is 11.5 Å². The lowest BCUT2D eigenvalue weighted by Crippen LogP contribution is -2.49. The number of methoxy groups -OCH3 is 2. The Kier molecular flexibility index (Phi) is 7.53. The number of nitrogens with one attached hydrogen (secondary N) is 1. The average Bonchev–Trinajstić information content (AvgIpc) is 3.54. The van der Waals surface area contributed by atoms with Gasteiger partial charge in [0, 0.05) is 45.8 Å². The Morgan fingerprint density at radius 2 is 2.11 bits per heavy atom. The van der Waals surface area contributed by atoms with E-state index < -0.39 is 6.10 Å². The van der Waals surface area contributed by atoms with Gasteiger partial charge >= 0.3 is 0 Å². The van der Waals surface area contributed by atoms with Crippen LogP contribution >= 0.6 is 0 Å². The lowest BCUT2D eigenvalue weighted by molar-refractivity contribution is -0.146. The van der Waals surface area contributed by atoms with Gasteiger partial charge in [-0.2, -0.15) is 0 Å². The summed E-state index contributed by atoms with van der Waals surface area (Å²) in [6, 6.07) is 4.37. The maximum atomic E-state index is 13.0. The Bertz CT molecular complexity index is 656. The van der Waals surface area contributed by atoms with E-state index in [2.05, 4.69) is 11.4 Å². The zero-order chi connectivity index (χ0) is 19.9. The molecule has 0 radical (unpaired) electrons. The van der Waals surface area contributed by atoms with Gasteiger partial charge in [0.25, 0.3) is 5.91 Å². The molecule has 1 heterocycles. The third-order valence-electron chi connectivity index (χ3n) is 5.08. The fourth-order valence-corrected chi connectivity index (χ4v) is 3.54. The first-order valence-corrected chi connectivity index (χ1v) is 10.1. The lowest BCUT2D eigenvalue weighted by atomic mass is 10.1. The van der Waals surface area contributed by atoms with Crippen LogP contribution in [-0.4, -0.2) is 70.1 Å². The Morgan fingerprint density at radius 3 is 2.75 bits per heavy atom. The molecule has 0 aromatic heterocycles. The van der Waals surface area contributed by atoms with Gasteiger partial charge in [0.2, 0.25) is 0 Å². The Balaban J connectivity index is 1.73. The molecule has 2 fully saturated rings. The summed E-state index contributed by atoms with van der Waals surface area (Å²) in [5.41, 5.74) is 2.05. The van der Waals surface area contributed by atoms with Crippen molar-refractivity contribution in [2.75, 3.05) is 47.1 Å². The van der Waals surface area contributed by atoms with Gasteiger partial charge in [-0.15, -0.1) is 0 Å². The summed E-state index contributed by atoms with van der Waals surface area (Å²) in [4.78, 5) is 15.0. The van der Waals surface area contributed by atoms with Crippen LogP contribution in [0.1, 0.15) is 30.4 Å². The molecule has 1 aliphatic heterocycles. The van der Waals surface area contributed by atoms with Crippen molar-refractivity contribution in [2.24, 2.45) is 0 Å². The molecule has 3 rings (SSSR count). The molecule has 156 valence electrons. The maximum absolute atomic E-state index is 13.0. The number of morpholine rings is 1. The van der Waals surface area contributed by atoms with Gasteiger partial charge in [0.15, 0.2) is 11.5 Å². The fourth-order valence-electron chi connectivity index (χ4n) is 3.54. The van der Waals surface area contributed by atoms with Gasteiger partial charge in [-0.05, 0) is 37.0 Å². The maximum Gasteiger partial charge on any atom is 0.253 e. The van der Waals surface area contributed by atoms with Crippen LogP contribution < -0.4 is 14.8 Å². The van der Waals surface area contributed by atoms with Gasteiger partial charge in [-0.1, -0.05) is 6.07 Å². The Hall–Kier alpha value is -1.83. The second-order valence-corrected chi connectivity index (χ2v) is 7.40. The molecule has 0 unspecified atom stereocenters. The molecule has 7 heteroatoms. The molecule has 1 saturated heterocycles. The minimum Gasteiger partial charge on any atom is -0.493 e. The Labute approximate surface area is 167 Å². The quantitative estimate of drug-likeness (QED) is 0.614. The number of hydrogen-bond acceptors (Lipinski definition) is 6. The molecule has 1 aromatic carbocycles. The van der Waals surface area contributed by atoms with Gasteiger partial charge in [-0.3, -0.25) is 4.79 Å². The second kappa shape index (κ2) is 10.1. The van der Waals surface area contributed by atoms with Crippen LogP contribution in [0, 0.1) is 6.92 Å². The molecule has 0 spiro atoms. The zero-order valence-corrected chi connectivity index (χ0v) is 17.2. The monoisotopic (exact) mass is 392 g/mol. The van der Waals surface area contributed by atoms with E-state index in [1.165, 1.54) is 0 Å². The van der Waals surface area contributed by atoms with Crippen LogP contribution in [0.15, 0.2) is 12.1 Å². The third-order valence-corrected chi connectivity index (χ3v) is 5.08. The molecule has 1 amide bonds. The molecule has 1 aliphatic carbocycles. The highest BCUT2D eigenvalue weighted by atomic mass is 16.5. The fraction of sp³-hybridized carbons (Fsp3) is 0.667. The number of amides is 1. The van der Waals surface area contributed by atoms with Crippen LogP contribution in [0.2, 0.25) is 0 Å². The predicted octanol–water partition coefficient (Wildman–Crippen LogP) is 1.90. The van der Waals surface area contributed by atoms with E-state index in [0.29, 0.717) is 44.7 Å². The number of aryl methyl sites for hydroxylation is 1. The summed E-state index contributed by atoms with van der Waals surface area (Å²) in [5, 5.41) is 3.24. The lowest BCUT2D eigenvalue weighted by Gasteiger charge is -2.30. The largest absolute Gasteiger partial charge is 0.493 e. The highest BCUT2D eigenvalue weighted by molar-refractivity contribution is 5.82. The van der Waals surface area contributed by atoms with Crippen LogP contribution in [0.3, 0.4) is 0 Å². The van der Waals surface area contributed by atoms with Crippen molar-refractivity contribution >= 4 is 5.91 Å². The van der Waals surface area contributed by atoms with Gasteiger partial charge < -0.3 is 29.2 Å². The van der Waals surface area contributed by atoms with Gasteiger partial charge in [0.05, 0.1) is 20.3 Å². The molecule has 0 bridgehead atoms. The summed E-state index contributed by atoms with van der Waals surface area (Å²) in [7, 11) is 3.33. The standard InChI is InChI=1S/C21H32N2O5/c1-15-11-16(12-18(20(15)26-3)27-9-4-8-25-2)14-23(17-5-6-17)21(24)19-13-22-7-10-28-19/h11-12,17,19,22H,4-10,13-14H2,1-3H3/t19-/m1/s1. The number of ether oxygens (including phenoxy) is 4. The summed E-state index contributed by atoms with van der Waals surface area (Å²) in [6.45, 7) is 5.73. The number of benzene rings is 1. The number of carbonyl (C=O) groups excluding carboxylic acids is 1. The SMILES string of the molecule is COCCCOc1cc(CN(C(=O)[C@H]2CNCCO2)C2CC2)cc(C)c1OC. The molecule has 28 heavy (non-hydrogen) atoms. The van der Waals surface area contributed by atoms with E-state index in [1.54, 1.807) is 14.2 Å². The molecule has 7 nitrogen and oxygen atoms in total. The van der Waals surface area contributed by atoms with E-state index in [1.807, 2.05) is 17.9 Å². The van der Waals surface area contributed by atoms with Crippen molar-refractivity contribution < 1.29 is 23.7 Å². The molecular formula is C21H32N2O5. The van der Waals surface area contributed by atoms with Crippen LogP contribution in [-0.2, 0) is 20.8 Å². The number of carbonyl (C=O) groups is 1. The first kappa shape index (κ1) is 20.9. The van der Waals surface area contributed by atoms with E-state index in [9.17, 15) is 4.79 Å². The van der Waals surface area contributed by atoms with Crippen molar-refractivity contribution in [2.45, 2.75) is 44.9 Å². The van der Waals surface area contributed by atoms with Crippen LogP contribution in [0.25, 0.3) is 0 Å². The second-order valence-electron chi connectivity index (χ2n) is 7.40. The Morgan fingerprint density at radius 1 is 1.29 bits per heavy atom. The number of hydrogen-bond donors (Lipinski definition) is 1. The summed E-state index contributed by atoms with van der Waals surface area (Å²) in [5.74, 6) is 1.53. The van der Waals surface area contributed by atoms with Crippen molar-refractivity contribution in [3.8, 4) is 11.5 Å².